The molecule has 1 aromatic carbocycles. The molecule has 1 aromatic rings. The fourth-order valence-electron chi connectivity index (χ4n) is 1.45. The van der Waals surface area contributed by atoms with E-state index in [-0.39, 0.29) is 17.7 Å². The SMILES string of the molecule is CC(C)(C)NC(N)=NCc1ccc(F)c(CO)c1. The van der Waals surface area contributed by atoms with Gasteiger partial charge in [0.2, 0.25) is 0 Å². The van der Waals surface area contributed by atoms with E-state index in [4.69, 9.17) is 10.8 Å². The van der Waals surface area contributed by atoms with E-state index in [9.17, 15) is 4.39 Å². The van der Waals surface area contributed by atoms with E-state index < -0.39 is 5.82 Å². The number of hydrogen-bond acceptors (Lipinski definition) is 2. The Bertz CT molecular complexity index is 438. The molecular formula is C13H20FN3O. The van der Waals surface area contributed by atoms with Gasteiger partial charge in [0.1, 0.15) is 5.82 Å². The van der Waals surface area contributed by atoms with Crippen molar-refractivity contribution in [3.63, 3.8) is 0 Å². The Labute approximate surface area is 107 Å². The molecule has 0 aliphatic carbocycles. The Kier molecular flexibility index (Phi) is 4.67. The van der Waals surface area contributed by atoms with Gasteiger partial charge in [0.05, 0.1) is 13.2 Å². The number of benzene rings is 1. The zero-order valence-electron chi connectivity index (χ0n) is 11.0. The van der Waals surface area contributed by atoms with Crippen LogP contribution in [0.5, 0.6) is 0 Å². The zero-order valence-corrected chi connectivity index (χ0v) is 11.0. The lowest BCUT2D eigenvalue weighted by atomic mass is 10.1. The molecule has 0 aromatic heterocycles. The van der Waals surface area contributed by atoms with Crippen LogP contribution in [0.4, 0.5) is 4.39 Å². The second-order valence-corrected chi connectivity index (χ2v) is 5.16. The van der Waals surface area contributed by atoms with Gasteiger partial charge in [-0.15, -0.1) is 0 Å². The summed E-state index contributed by atoms with van der Waals surface area (Å²) in [5.41, 5.74) is 6.65. The van der Waals surface area contributed by atoms with E-state index in [0.717, 1.165) is 5.56 Å². The van der Waals surface area contributed by atoms with Gasteiger partial charge in [-0.05, 0) is 38.5 Å². The summed E-state index contributed by atoms with van der Waals surface area (Å²) in [5.74, 6) is -0.0663. The highest BCUT2D eigenvalue weighted by molar-refractivity contribution is 5.78. The van der Waals surface area contributed by atoms with Crippen molar-refractivity contribution in [2.75, 3.05) is 0 Å². The van der Waals surface area contributed by atoms with E-state index >= 15 is 0 Å². The Morgan fingerprint density at radius 2 is 2.11 bits per heavy atom. The first-order valence-corrected chi connectivity index (χ1v) is 5.78. The van der Waals surface area contributed by atoms with Gasteiger partial charge in [-0.1, -0.05) is 6.07 Å². The summed E-state index contributed by atoms with van der Waals surface area (Å²) in [6, 6.07) is 4.54. The largest absolute Gasteiger partial charge is 0.392 e. The maximum Gasteiger partial charge on any atom is 0.189 e. The van der Waals surface area contributed by atoms with Crippen LogP contribution in [-0.2, 0) is 13.2 Å². The van der Waals surface area contributed by atoms with Crippen LogP contribution in [0.25, 0.3) is 0 Å². The van der Waals surface area contributed by atoms with Crippen molar-refractivity contribution >= 4 is 5.96 Å². The van der Waals surface area contributed by atoms with E-state index in [1.165, 1.54) is 6.07 Å². The van der Waals surface area contributed by atoms with Gasteiger partial charge in [0.15, 0.2) is 5.96 Å². The van der Waals surface area contributed by atoms with Gasteiger partial charge in [-0.2, -0.15) is 0 Å². The topological polar surface area (TPSA) is 70.6 Å². The molecule has 0 unspecified atom stereocenters. The molecule has 4 nitrogen and oxygen atoms in total. The first-order valence-electron chi connectivity index (χ1n) is 5.78. The van der Waals surface area contributed by atoms with Crippen LogP contribution in [0.15, 0.2) is 23.2 Å². The molecule has 1 rings (SSSR count). The van der Waals surface area contributed by atoms with E-state index in [0.29, 0.717) is 12.5 Å². The van der Waals surface area contributed by atoms with Gasteiger partial charge in [-0.3, -0.25) is 0 Å². The number of nitrogens with one attached hydrogen (secondary N) is 1. The van der Waals surface area contributed by atoms with E-state index in [1.807, 2.05) is 20.8 Å². The van der Waals surface area contributed by atoms with Crippen molar-refractivity contribution in [3.8, 4) is 0 Å². The average molecular weight is 253 g/mol. The van der Waals surface area contributed by atoms with Gasteiger partial charge in [0.25, 0.3) is 0 Å². The van der Waals surface area contributed by atoms with Gasteiger partial charge >= 0.3 is 0 Å². The molecule has 0 aliphatic rings. The van der Waals surface area contributed by atoms with Crippen molar-refractivity contribution in [2.24, 2.45) is 10.7 Å². The second kappa shape index (κ2) is 5.82. The van der Waals surface area contributed by atoms with Gasteiger partial charge in [0, 0.05) is 11.1 Å². The Balaban J connectivity index is 2.71. The molecular weight excluding hydrogens is 233 g/mol. The summed E-state index contributed by atoms with van der Waals surface area (Å²) in [4.78, 5) is 4.16. The molecule has 18 heavy (non-hydrogen) atoms. The van der Waals surface area contributed by atoms with Gasteiger partial charge < -0.3 is 16.2 Å². The molecule has 0 bridgehead atoms. The number of aliphatic imine (C=N–C) groups is 1. The smallest absolute Gasteiger partial charge is 0.189 e. The molecule has 0 aliphatic heterocycles. The average Bonchev–Trinajstić information content (AvgIpc) is 2.25. The van der Waals surface area contributed by atoms with Crippen molar-refractivity contribution in [3.05, 3.63) is 35.1 Å². The molecule has 0 saturated heterocycles. The number of guanidine groups is 1. The predicted octanol–water partition coefficient (Wildman–Crippen LogP) is 1.52. The van der Waals surface area contributed by atoms with Crippen molar-refractivity contribution in [1.82, 2.24) is 5.32 Å². The summed E-state index contributed by atoms with van der Waals surface area (Å²) in [6.45, 7) is 5.98. The molecule has 0 fully saturated rings. The molecule has 100 valence electrons. The lowest BCUT2D eigenvalue weighted by Crippen LogP contribution is -2.44. The normalized spacial score (nSPS) is 12.6. The van der Waals surface area contributed by atoms with Crippen molar-refractivity contribution in [2.45, 2.75) is 39.5 Å². The van der Waals surface area contributed by atoms with E-state index in [1.54, 1.807) is 12.1 Å². The number of aliphatic hydroxyl groups is 1. The summed E-state index contributed by atoms with van der Waals surface area (Å²) >= 11 is 0. The molecule has 0 atom stereocenters. The van der Waals surface area contributed by atoms with Crippen LogP contribution >= 0.6 is 0 Å². The number of nitrogens with two attached hydrogens (primary N) is 1. The monoisotopic (exact) mass is 253 g/mol. The quantitative estimate of drug-likeness (QED) is 0.565. The van der Waals surface area contributed by atoms with Crippen LogP contribution < -0.4 is 11.1 Å². The number of halogens is 1. The number of hydrogen-bond donors (Lipinski definition) is 3. The molecule has 5 heteroatoms. The second-order valence-electron chi connectivity index (χ2n) is 5.16. The maximum atomic E-state index is 13.2. The number of nitrogens with zero attached hydrogens (tertiary/aromatic N) is 1. The third-order valence-electron chi connectivity index (χ3n) is 2.22. The fraction of sp³-hybridized carbons (Fsp3) is 0.462. The van der Waals surface area contributed by atoms with Crippen LogP contribution in [0, 0.1) is 5.82 Å². The first kappa shape index (κ1) is 14.4. The van der Waals surface area contributed by atoms with Crippen LogP contribution in [-0.4, -0.2) is 16.6 Å². The Hall–Kier alpha value is -1.62. The highest BCUT2D eigenvalue weighted by Gasteiger charge is 2.09. The summed E-state index contributed by atoms with van der Waals surface area (Å²) < 4.78 is 13.2. The maximum absolute atomic E-state index is 13.2. The molecule has 0 heterocycles. The van der Waals surface area contributed by atoms with Crippen molar-refractivity contribution < 1.29 is 9.50 Å². The lowest BCUT2D eigenvalue weighted by Gasteiger charge is -2.21. The highest BCUT2D eigenvalue weighted by atomic mass is 19.1. The van der Waals surface area contributed by atoms with Crippen LogP contribution in [0.2, 0.25) is 0 Å². The third-order valence-corrected chi connectivity index (χ3v) is 2.22. The number of aliphatic hydroxyl groups excluding tert-OH is 1. The van der Waals surface area contributed by atoms with E-state index in [2.05, 4.69) is 10.3 Å². The number of rotatable bonds is 3. The minimum Gasteiger partial charge on any atom is -0.392 e. The molecule has 0 radical (unpaired) electrons. The summed E-state index contributed by atoms with van der Waals surface area (Å²) in [5, 5.41) is 12.0. The molecule has 0 amide bonds. The predicted molar refractivity (Wildman–Crippen MR) is 70.5 cm³/mol. The zero-order chi connectivity index (χ0) is 13.8. The molecule has 0 saturated carbocycles. The molecule has 4 N–H and O–H groups in total. The fourth-order valence-corrected chi connectivity index (χ4v) is 1.45. The van der Waals surface area contributed by atoms with Crippen LogP contribution in [0.1, 0.15) is 31.9 Å². The molecule has 0 spiro atoms. The third kappa shape index (κ3) is 4.71. The standard InChI is InChI=1S/C13H20FN3O/c1-13(2,3)17-12(15)16-7-9-4-5-11(14)10(6-9)8-18/h4-6,18H,7-8H2,1-3H3,(H3,15,16,17). The van der Waals surface area contributed by atoms with Crippen LogP contribution in [0.3, 0.4) is 0 Å². The summed E-state index contributed by atoms with van der Waals surface area (Å²) in [6.07, 6.45) is 0. The van der Waals surface area contributed by atoms with Crippen molar-refractivity contribution in [1.29, 1.82) is 0 Å². The Morgan fingerprint density at radius 3 is 2.67 bits per heavy atom. The first-order chi connectivity index (χ1) is 8.31. The minimum atomic E-state index is -0.411. The lowest BCUT2D eigenvalue weighted by molar-refractivity contribution is 0.275. The van der Waals surface area contributed by atoms with Gasteiger partial charge in [-0.25, -0.2) is 9.38 Å². The summed E-state index contributed by atoms with van der Waals surface area (Å²) in [7, 11) is 0. The Morgan fingerprint density at radius 1 is 1.44 bits per heavy atom. The highest BCUT2D eigenvalue weighted by Crippen LogP contribution is 2.11. The minimum absolute atomic E-state index is 0.146.